The van der Waals surface area contributed by atoms with Crippen molar-refractivity contribution in [3.05, 3.63) is 59.2 Å². The monoisotopic (exact) mass is 298 g/mol. The van der Waals surface area contributed by atoms with Gasteiger partial charge in [-0.05, 0) is 45.0 Å². The van der Waals surface area contributed by atoms with Gasteiger partial charge in [-0.3, -0.25) is 4.79 Å². The second-order valence-corrected chi connectivity index (χ2v) is 4.87. The standard InChI is InChI=1S/C18H18O4/c1-4-21-16-8-6-5-7-14(16)18(20)22-17-10-9-12(2)11-15(17)13(3)19/h5-11H,4H2,1-3H3. The zero-order valence-electron chi connectivity index (χ0n) is 12.9. The summed E-state index contributed by atoms with van der Waals surface area (Å²) in [4.78, 5) is 24.0. The molecule has 0 aliphatic rings. The maximum absolute atomic E-state index is 12.4. The predicted molar refractivity (Wildman–Crippen MR) is 83.8 cm³/mol. The molecule has 0 saturated carbocycles. The highest BCUT2D eigenvalue weighted by Crippen LogP contribution is 2.24. The fourth-order valence-electron chi connectivity index (χ4n) is 2.08. The van der Waals surface area contributed by atoms with Gasteiger partial charge >= 0.3 is 5.97 Å². The van der Waals surface area contributed by atoms with E-state index in [9.17, 15) is 9.59 Å². The van der Waals surface area contributed by atoms with Gasteiger partial charge in [-0.25, -0.2) is 4.79 Å². The summed E-state index contributed by atoms with van der Waals surface area (Å²) in [7, 11) is 0. The number of Topliss-reactive ketones (excluding diaryl/α,β-unsaturated/α-hetero) is 1. The molecule has 114 valence electrons. The van der Waals surface area contributed by atoms with Crippen LogP contribution in [0, 0.1) is 6.92 Å². The second kappa shape index (κ2) is 6.89. The van der Waals surface area contributed by atoms with E-state index in [1.165, 1.54) is 6.92 Å². The summed E-state index contributed by atoms with van der Waals surface area (Å²) in [6.45, 7) is 5.62. The zero-order valence-corrected chi connectivity index (χ0v) is 12.9. The number of esters is 1. The Kier molecular flexibility index (Phi) is 4.94. The molecule has 0 unspecified atom stereocenters. The van der Waals surface area contributed by atoms with E-state index in [0.717, 1.165) is 5.56 Å². The molecule has 2 aromatic carbocycles. The molecule has 0 amide bonds. The SMILES string of the molecule is CCOc1ccccc1C(=O)Oc1ccc(C)cc1C(C)=O. The molecule has 0 fully saturated rings. The lowest BCUT2D eigenvalue weighted by atomic mass is 10.1. The second-order valence-electron chi connectivity index (χ2n) is 4.87. The molecule has 0 spiro atoms. The predicted octanol–water partition coefficient (Wildman–Crippen LogP) is 3.82. The number of hydrogen-bond acceptors (Lipinski definition) is 4. The fourth-order valence-corrected chi connectivity index (χ4v) is 2.08. The summed E-state index contributed by atoms with van der Waals surface area (Å²) in [5, 5.41) is 0. The molecular formula is C18H18O4. The third-order valence-corrected chi connectivity index (χ3v) is 3.12. The van der Waals surface area contributed by atoms with Crippen LogP contribution in [0.5, 0.6) is 11.5 Å². The maximum Gasteiger partial charge on any atom is 0.347 e. The summed E-state index contributed by atoms with van der Waals surface area (Å²) in [6, 6.07) is 12.0. The number of para-hydroxylation sites is 1. The number of ether oxygens (including phenoxy) is 2. The van der Waals surface area contributed by atoms with Gasteiger partial charge in [-0.15, -0.1) is 0 Å². The van der Waals surface area contributed by atoms with Crippen LogP contribution in [-0.4, -0.2) is 18.4 Å². The summed E-state index contributed by atoms with van der Waals surface area (Å²) in [6.07, 6.45) is 0. The van der Waals surface area contributed by atoms with Gasteiger partial charge in [0.25, 0.3) is 0 Å². The Bertz CT molecular complexity index is 704. The first-order chi connectivity index (χ1) is 10.5. The third kappa shape index (κ3) is 3.52. The molecule has 0 aliphatic heterocycles. The minimum absolute atomic E-state index is 0.149. The molecule has 0 atom stereocenters. The number of aryl methyl sites for hydroxylation is 1. The molecule has 0 saturated heterocycles. The van der Waals surface area contributed by atoms with Crippen molar-refractivity contribution in [2.24, 2.45) is 0 Å². The van der Waals surface area contributed by atoms with Crippen molar-refractivity contribution in [1.29, 1.82) is 0 Å². The molecule has 2 rings (SSSR count). The molecule has 0 bridgehead atoms. The molecule has 0 heterocycles. The van der Waals surface area contributed by atoms with Crippen LogP contribution in [0.2, 0.25) is 0 Å². The quantitative estimate of drug-likeness (QED) is 0.478. The Morgan fingerprint density at radius 2 is 1.73 bits per heavy atom. The summed E-state index contributed by atoms with van der Waals surface area (Å²) < 4.78 is 10.8. The van der Waals surface area contributed by atoms with Crippen molar-refractivity contribution in [3.63, 3.8) is 0 Å². The average molecular weight is 298 g/mol. The molecule has 2 aromatic rings. The van der Waals surface area contributed by atoms with Crippen molar-refractivity contribution in [2.75, 3.05) is 6.61 Å². The smallest absolute Gasteiger partial charge is 0.347 e. The lowest BCUT2D eigenvalue weighted by Crippen LogP contribution is -2.12. The van der Waals surface area contributed by atoms with Crippen LogP contribution in [0.3, 0.4) is 0 Å². The van der Waals surface area contributed by atoms with Crippen molar-refractivity contribution >= 4 is 11.8 Å². The molecule has 0 aliphatic carbocycles. The van der Waals surface area contributed by atoms with E-state index in [-0.39, 0.29) is 11.5 Å². The molecule has 22 heavy (non-hydrogen) atoms. The van der Waals surface area contributed by atoms with Crippen LogP contribution in [-0.2, 0) is 0 Å². The van der Waals surface area contributed by atoms with Gasteiger partial charge in [0.15, 0.2) is 5.78 Å². The van der Waals surface area contributed by atoms with E-state index in [2.05, 4.69) is 0 Å². The van der Waals surface area contributed by atoms with Crippen molar-refractivity contribution in [2.45, 2.75) is 20.8 Å². The van der Waals surface area contributed by atoms with Crippen LogP contribution in [0.15, 0.2) is 42.5 Å². The van der Waals surface area contributed by atoms with Gasteiger partial charge in [0.05, 0.1) is 12.2 Å². The number of benzene rings is 2. The fraction of sp³-hybridized carbons (Fsp3) is 0.222. The normalized spacial score (nSPS) is 10.1. The van der Waals surface area contributed by atoms with E-state index < -0.39 is 5.97 Å². The topological polar surface area (TPSA) is 52.6 Å². The van der Waals surface area contributed by atoms with Crippen molar-refractivity contribution < 1.29 is 19.1 Å². The first-order valence-electron chi connectivity index (χ1n) is 7.08. The highest BCUT2D eigenvalue weighted by atomic mass is 16.5. The van der Waals surface area contributed by atoms with Crippen LogP contribution >= 0.6 is 0 Å². The Morgan fingerprint density at radius 3 is 2.41 bits per heavy atom. The Morgan fingerprint density at radius 1 is 1.00 bits per heavy atom. The number of carbonyl (C=O) groups excluding carboxylic acids is 2. The highest BCUT2D eigenvalue weighted by Gasteiger charge is 2.17. The minimum atomic E-state index is -0.546. The van der Waals surface area contributed by atoms with Gasteiger partial charge in [0.2, 0.25) is 0 Å². The lowest BCUT2D eigenvalue weighted by molar-refractivity contribution is 0.0728. The molecule has 0 radical (unpaired) electrons. The Hall–Kier alpha value is -2.62. The van der Waals surface area contributed by atoms with E-state index in [0.29, 0.717) is 23.5 Å². The van der Waals surface area contributed by atoms with Gasteiger partial charge in [0.1, 0.15) is 17.1 Å². The van der Waals surface area contributed by atoms with Gasteiger partial charge in [-0.1, -0.05) is 23.8 Å². The Balaban J connectivity index is 2.32. The zero-order chi connectivity index (χ0) is 16.1. The molecule has 4 heteroatoms. The number of carbonyl (C=O) groups is 2. The third-order valence-electron chi connectivity index (χ3n) is 3.12. The van der Waals surface area contributed by atoms with Crippen LogP contribution < -0.4 is 9.47 Å². The number of ketones is 1. The van der Waals surface area contributed by atoms with E-state index in [4.69, 9.17) is 9.47 Å². The summed E-state index contributed by atoms with van der Waals surface area (Å²) >= 11 is 0. The molecule has 0 N–H and O–H groups in total. The van der Waals surface area contributed by atoms with E-state index in [1.54, 1.807) is 42.5 Å². The first kappa shape index (κ1) is 15.8. The Labute approximate surface area is 129 Å². The largest absolute Gasteiger partial charge is 0.493 e. The molecule has 0 aromatic heterocycles. The van der Waals surface area contributed by atoms with Crippen LogP contribution in [0.4, 0.5) is 0 Å². The summed E-state index contributed by atoms with van der Waals surface area (Å²) in [5.74, 6) is 0.0286. The summed E-state index contributed by atoms with van der Waals surface area (Å²) in [5.41, 5.74) is 1.65. The highest BCUT2D eigenvalue weighted by molar-refractivity contribution is 5.99. The van der Waals surface area contributed by atoms with Crippen molar-refractivity contribution in [1.82, 2.24) is 0 Å². The molecular weight excluding hydrogens is 280 g/mol. The minimum Gasteiger partial charge on any atom is -0.493 e. The maximum atomic E-state index is 12.4. The number of hydrogen-bond donors (Lipinski definition) is 0. The van der Waals surface area contributed by atoms with E-state index in [1.807, 2.05) is 13.8 Å². The first-order valence-corrected chi connectivity index (χ1v) is 7.08. The van der Waals surface area contributed by atoms with Crippen molar-refractivity contribution in [3.8, 4) is 11.5 Å². The number of rotatable bonds is 5. The lowest BCUT2D eigenvalue weighted by Gasteiger charge is -2.11. The van der Waals surface area contributed by atoms with Gasteiger partial charge < -0.3 is 9.47 Å². The van der Waals surface area contributed by atoms with Gasteiger partial charge in [-0.2, -0.15) is 0 Å². The van der Waals surface area contributed by atoms with Crippen LogP contribution in [0.1, 0.15) is 40.1 Å². The van der Waals surface area contributed by atoms with Crippen LogP contribution in [0.25, 0.3) is 0 Å². The molecule has 4 nitrogen and oxygen atoms in total. The van der Waals surface area contributed by atoms with Gasteiger partial charge in [0, 0.05) is 0 Å². The average Bonchev–Trinajstić information content (AvgIpc) is 2.49. The van der Waals surface area contributed by atoms with E-state index >= 15 is 0 Å².